The number of rotatable bonds is 4. The summed E-state index contributed by atoms with van der Waals surface area (Å²) in [5.74, 6) is -0.788. The zero-order valence-corrected chi connectivity index (χ0v) is 10.6. The van der Waals surface area contributed by atoms with Gasteiger partial charge in [-0.2, -0.15) is 0 Å². The highest BCUT2D eigenvalue weighted by Crippen LogP contribution is 2.29. The number of carboxylic acid groups (broad SMARTS) is 1. The smallest absolute Gasteiger partial charge is 0.306 e. The fourth-order valence-corrected chi connectivity index (χ4v) is 2.79. The van der Waals surface area contributed by atoms with Gasteiger partial charge in [-0.15, -0.1) is 0 Å². The number of nitrogens with one attached hydrogen (secondary N) is 1. The normalized spacial score (nSPS) is 32.1. The summed E-state index contributed by atoms with van der Waals surface area (Å²) in [5.41, 5.74) is 0. The molecule has 18 heavy (non-hydrogen) atoms. The summed E-state index contributed by atoms with van der Waals surface area (Å²) in [6.07, 6.45) is 3.85. The van der Waals surface area contributed by atoms with Gasteiger partial charge in [-0.25, -0.2) is 0 Å². The van der Waals surface area contributed by atoms with Gasteiger partial charge in [0.1, 0.15) is 0 Å². The van der Waals surface area contributed by atoms with Gasteiger partial charge in [-0.1, -0.05) is 6.42 Å². The van der Waals surface area contributed by atoms with Crippen LogP contribution in [0.2, 0.25) is 0 Å². The Morgan fingerprint density at radius 2 is 2.00 bits per heavy atom. The van der Waals surface area contributed by atoms with E-state index in [-0.39, 0.29) is 17.7 Å². The van der Waals surface area contributed by atoms with Crippen molar-refractivity contribution in [3.8, 4) is 0 Å². The van der Waals surface area contributed by atoms with Crippen LogP contribution in [0.3, 0.4) is 0 Å². The highest BCUT2D eigenvalue weighted by atomic mass is 16.5. The Labute approximate surface area is 107 Å². The summed E-state index contributed by atoms with van der Waals surface area (Å²) < 4.78 is 5.25. The minimum Gasteiger partial charge on any atom is -0.481 e. The molecule has 2 aliphatic rings. The predicted octanol–water partition coefficient (Wildman–Crippen LogP) is 1.03. The van der Waals surface area contributed by atoms with Gasteiger partial charge in [0.2, 0.25) is 5.91 Å². The number of hydrogen-bond acceptors (Lipinski definition) is 3. The number of hydrogen-bond donors (Lipinski definition) is 2. The van der Waals surface area contributed by atoms with E-state index in [1.54, 1.807) is 0 Å². The fraction of sp³-hybridized carbons (Fsp3) is 0.846. The van der Waals surface area contributed by atoms with Crippen LogP contribution in [0.5, 0.6) is 0 Å². The molecular weight excluding hydrogens is 234 g/mol. The molecule has 1 amide bonds. The molecule has 2 rings (SSSR count). The number of carbonyl (C=O) groups is 2. The Bertz CT molecular complexity index is 312. The lowest BCUT2D eigenvalue weighted by atomic mass is 9.81. The lowest BCUT2D eigenvalue weighted by Gasteiger charge is -2.26. The Morgan fingerprint density at radius 3 is 2.67 bits per heavy atom. The second kappa shape index (κ2) is 6.18. The highest BCUT2D eigenvalue weighted by molar-refractivity contribution is 5.80. The molecule has 1 aliphatic carbocycles. The molecule has 0 spiro atoms. The van der Waals surface area contributed by atoms with Crippen LogP contribution in [0, 0.1) is 17.8 Å². The topological polar surface area (TPSA) is 75.6 Å². The molecule has 3 unspecified atom stereocenters. The van der Waals surface area contributed by atoms with Gasteiger partial charge in [-0.05, 0) is 25.7 Å². The van der Waals surface area contributed by atoms with E-state index in [1.807, 2.05) is 0 Å². The van der Waals surface area contributed by atoms with Crippen molar-refractivity contribution in [2.75, 3.05) is 19.8 Å². The molecule has 5 nitrogen and oxygen atoms in total. The Kier molecular flexibility index (Phi) is 4.58. The van der Waals surface area contributed by atoms with Crippen molar-refractivity contribution in [1.82, 2.24) is 5.32 Å². The summed E-state index contributed by atoms with van der Waals surface area (Å²) in [7, 11) is 0. The standard InChI is InChI=1S/C13H21NO4/c15-12(14-7-9-4-5-18-8-9)10-2-1-3-11(6-10)13(16)17/h9-11H,1-8H2,(H,14,15)(H,16,17). The van der Waals surface area contributed by atoms with Crippen LogP contribution in [-0.2, 0) is 14.3 Å². The minimum atomic E-state index is -0.767. The molecule has 1 heterocycles. The van der Waals surface area contributed by atoms with Crippen LogP contribution in [-0.4, -0.2) is 36.7 Å². The van der Waals surface area contributed by atoms with Crippen LogP contribution >= 0.6 is 0 Å². The zero-order valence-electron chi connectivity index (χ0n) is 10.6. The van der Waals surface area contributed by atoms with Crippen LogP contribution in [0.25, 0.3) is 0 Å². The first-order valence-electron chi connectivity index (χ1n) is 6.75. The molecule has 1 aliphatic heterocycles. The van der Waals surface area contributed by atoms with E-state index in [0.717, 1.165) is 32.5 Å². The second-order valence-corrected chi connectivity index (χ2v) is 5.37. The van der Waals surface area contributed by atoms with Gasteiger partial charge < -0.3 is 15.2 Å². The summed E-state index contributed by atoms with van der Waals surface area (Å²) in [6.45, 7) is 2.17. The molecule has 0 aromatic rings. The molecule has 0 bridgehead atoms. The lowest BCUT2D eigenvalue weighted by molar-refractivity contribution is -0.144. The van der Waals surface area contributed by atoms with E-state index < -0.39 is 5.97 Å². The van der Waals surface area contributed by atoms with E-state index in [9.17, 15) is 9.59 Å². The van der Waals surface area contributed by atoms with Crippen LogP contribution in [0.4, 0.5) is 0 Å². The molecule has 3 atom stereocenters. The van der Waals surface area contributed by atoms with Gasteiger partial charge in [0.15, 0.2) is 0 Å². The SMILES string of the molecule is O=C(O)C1CCCC(C(=O)NCC2CCOC2)C1. The summed E-state index contributed by atoms with van der Waals surface area (Å²) in [4.78, 5) is 22.9. The molecule has 0 aromatic carbocycles. The second-order valence-electron chi connectivity index (χ2n) is 5.37. The maximum Gasteiger partial charge on any atom is 0.306 e. The number of amides is 1. The van der Waals surface area contributed by atoms with E-state index >= 15 is 0 Å². The van der Waals surface area contributed by atoms with Crippen molar-refractivity contribution < 1.29 is 19.4 Å². The average molecular weight is 255 g/mol. The molecule has 0 radical (unpaired) electrons. The van der Waals surface area contributed by atoms with E-state index in [2.05, 4.69) is 5.32 Å². The lowest BCUT2D eigenvalue weighted by Crippen LogP contribution is -2.37. The van der Waals surface area contributed by atoms with Gasteiger partial charge in [0.25, 0.3) is 0 Å². The predicted molar refractivity (Wildman–Crippen MR) is 65.0 cm³/mol. The van der Waals surface area contributed by atoms with Gasteiger partial charge in [-0.3, -0.25) is 9.59 Å². The van der Waals surface area contributed by atoms with Crippen LogP contribution < -0.4 is 5.32 Å². The van der Waals surface area contributed by atoms with Crippen molar-refractivity contribution in [3.05, 3.63) is 0 Å². The van der Waals surface area contributed by atoms with Crippen molar-refractivity contribution in [3.63, 3.8) is 0 Å². The molecule has 1 saturated carbocycles. The maximum atomic E-state index is 12.0. The number of ether oxygens (including phenoxy) is 1. The van der Waals surface area contributed by atoms with Crippen molar-refractivity contribution >= 4 is 11.9 Å². The Morgan fingerprint density at radius 1 is 1.22 bits per heavy atom. The van der Waals surface area contributed by atoms with Gasteiger partial charge in [0.05, 0.1) is 12.5 Å². The molecule has 2 N–H and O–H groups in total. The Hall–Kier alpha value is -1.10. The molecule has 5 heteroatoms. The van der Waals surface area contributed by atoms with E-state index in [4.69, 9.17) is 9.84 Å². The molecule has 0 aromatic heterocycles. The first-order valence-corrected chi connectivity index (χ1v) is 6.75. The van der Waals surface area contributed by atoms with Crippen LogP contribution in [0.15, 0.2) is 0 Å². The fourth-order valence-electron chi connectivity index (χ4n) is 2.79. The summed E-state index contributed by atoms with van der Waals surface area (Å²) >= 11 is 0. The van der Waals surface area contributed by atoms with Crippen LogP contribution in [0.1, 0.15) is 32.1 Å². The van der Waals surface area contributed by atoms with Crippen molar-refractivity contribution in [1.29, 1.82) is 0 Å². The molecule has 1 saturated heterocycles. The number of aliphatic carboxylic acids is 1. The number of carboxylic acids is 1. The first kappa shape index (κ1) is 13.3. The third-order valence-corrected chi connectivity index (χ3v) is 3.98. The zero-order chi connectivity index (χ0) is 13.0. The number of carbonyl (C=O) groups excluding carboxylic acids is 1. The van der Waals surface area contributed by atoms with Crippen molar-refractivity contribution in [2.45, 2.75) is 32.1 Å². The van der Waals surface area contributed by atoms with Gasteiger partial charge >= 0.3 is 5.97 Å². The van der Waals surface area contributed by atoms with Crippen molar-refractivity contribution in [2.24, 2.45) is 17.8 Å². The molecule has 2 fully saturated rings. The monoisotopic (exact) mass is 255 g/mol. The third kappa shape index (κ3) is 3.45. The molecular formula is C13H21NO4. The Balaban J connectivity index is 1.75. The van der Waals surface area contributed by atoms with Gasteiger partial charge in [0, 0.05) is 25.0 Å². The minimum absolute atomic E-state index is 0.0212. The summed E-state index contributed by atoms with van der Waals surface area (Å²) in [5, 5.41) is 11.9. The average Bonchev–Trinajstić information content (AvgIpc) is 2.89. The highest BCUT2D eigenvalue weighted by Gasteiger charge is 2.31. The molecule has 102 valence electrons. The summed E-state index contributed by atoms with van der Waals surface area (Å²) in [6, 6.07) is 0. The van der Waals surface area contributed by atoms with E-state index in [0.29, 0.717) is 25.3 Å². The third-order valence-electron chi connectivity index (χ3n) is 3.98. The maximum absolute atomic E-state index is 12.0. The first-order chi connectivity index (χ1) is 8.66. The van der Waals surface area contributed by atoms with E-state index in [1.165, 1.54) is 0 Å². The largest absolute Gasteiger partial charge is 0.481 e. The quantitative estimate of drug-likeness (QED) is 0.786.